The third-order valence-corrected chi connectivity index (χ3v) is 2.27. The van der Waals surface area contributed by atoms with Crippen molar-refractivity contribution in [3.8, 4) is 0 Å². The van der Waals surface area contributed by atoms with E-state index in [0.29, 0.717) is 5.13 Å². The van der Waals surface area contributed by atoms with Crippen molar-refractivity contribution in [3.05, 3.63) is 5.01 Å². The second-order valence-corrected chi connectivity index (χ2v) is 4.10. The van der Waals surface area contributed by atoms with Gasteiger partial charge in [0.1, 0.15) is 5.01 Å². The van der Waals surface area contributed by atoms with Crippen LogP contribution < -0.4 is 37.2 Å². The van der Waals surface area contributed by atoms with Gasteiger partial charge in [-0.25, -0.2) is 0 Å². The van der Waals surface area contributed by atoms with Crippen LogP contribution >= 0.6 is 11.3 Å². The van der Waals surface area contributed by atoms with Crippen LogP contribution in [0.3, 0.4) is 0 Å². The summed E-state index contributed by atoms with van der Waals surface area (Å²) in [4.78, 5) is 22.0. The van der Waals surface area contributed by atoms with Crippen LogP contribution in [0.15, 0.2) is 10.2 Å². The summed E-state index contributed by atoms with van der Waals surface area (Å²) in [5.74, 6) is -0.653. The van der Waals surface area contributed by atoms with E-state index >= 15 is 0 Å². The van der Waals surface area contributed by atoms with Gasteiger partial charge in [0.15, 0.2) is 17.6 Å². The Morgan fingerprint density at radius 1 is 0.880 bits per heavy atom. The van der Waals surface area contributed by atoms with E-state index in [1.54, 1.807) is 6.92 Å². The molecule has 1 rings (SSSR count). The first-order valence-corrected chi connectivity index (χ1v) is 5.04. The summed E-state index contributed by atoms with van der Waals surface area (Å²) in [7, 11) is 0. The van der Waals surface area contributed by atoms with Crippen LogP contribution in [0, 0.1) is 6.92 Å². The van der Waals surface area contributed by atoms with Crippen molar-refractivity contribution in [1.29, 1.82) is 0 Å². The SMILES string of the molecule is CC(=O)C(N=Nc1nnc(C)s1)C(C)=O.O.O.O.O.O.[Cl-].[Cl-].[Cl-].[Ru+2].[Ru+2]. The van der Waals surface area contributed by atoms with Gasteiger partial charge in [-0.1, -0.05) is 11.3 Å². The van der Waals surface area contributed by atoms with Gasteiger partial charge in [0.05, 0.1) is 0 Å². The van der Waals surface area contributed by atoms with Gasteiger partial charge < -0.3 is 64.6 Å². The molecular formula is C8H20Cl3N4O7Ru2S+. The topological polar surface area (TPSA) is 242 Å². The third-order valence-electron chi connectivity index (χ3n) is 1.54. The molecule has 0 aromatic carbocycles. The van der Waals surface area contributed by atoms with Crippen LogP contribution in [0.25, 0.3) is 0 Å². The van der Waals surface area contributed by atoms with E-state index in [0.717, 1.165) is 5.01 Å². The minimum Gasteiger partial charge on any atom is -1.00 e. The van der Waals surface area contributed by atoms with Gasteiger partial charge in [-0.3, -0.25) is 9.59 Å². The number of azo groups is 1. The zero-order chi connectivity index (χ0) is 11.4. The number of nitrogens with zero attached hydrogens (tertiary/aromatic N) is 4. The fourth-order valence-electron chi connectivity index (χ4n) is 0.883. The molecular weight excluding hydrogens is 605 g/mol. The molecule has 0 bridgehead atoms. The molecule has 0 saturated heterocycles. The van der Waals surface area contributed by atoms with Gasteiger partial charge in [0, 0.05) is 0 Å². The Bertz CT molecular complexity index is 432. The quantitative estimate of drug-likeness (QED) is 0.180. The maximum Gasteiger partial charge on any atom is 2.00 e. The van der Waals surface area contributed by atoms with Crippen molar-refractivity contribution in [3.63, 3.8) is 0 Å². The van der Waals surface area contributed by atoms with Crippen LogP contribution in [0.4, 0.5) is 5.13 Å². The minimum atomic E-state index is -1.02. The first-order chi connectivity index (χ1) is 7.00. The molecule has 1 heterocycles. The van der Waals surface area contributed by atoms with Gasteiger partial charge in [-0.2, -0.15) is 5.11 Å². The molecule has 0 aliphatic carbocycles. The van der Waals surface area contributed by atoms with Crippen LogP contribution in [0.1, 0.15) is 18.9 Å². The summed E-state index contributed by atoms with van der Waals surface area (Å²) >= 11 is 1.25. The number of hydrogen-bond acceptors (Lipinski definition) is 7. The Kier molecular flexibility index (Phi) is 81.9. The normalized spacial score (nSPS) is 6.72. The Labute approximate surface area is 192 Å². The smallest absolute Gasteiger partial charge is 1.00 e. The molecule has 0 atom stereocenters. The van der Waals surface area contributed by atoms with E-state index in [2.05, 4.69) is 20.4 Å². The molecule has 0 saturated carbocycles. The monoisotopic (exact) mass is 625 g/mol. The first kappa shape index (κ1) is 63.8. The number of ketones is 2. The van der Waals surface area contributed by atoms with E-state index in [9.17, 15) is 9.59 Å². The first-order valence-electron chi connectivity index (χ1n) is 4.22. The molecule has 0 amide bonds. The summed E-state index contributed by atoms with van der Waals surface area (Å²) in [5.41, 5.74) is 0. The van der Waals surface area contributed by atoms with Crippen molar-refractivity contribution in [1.82, 2.24) is 10.2 Å². The number of Topliss-reactive ketones (excluding diaryl/α,β-unsaturated/α-hetero) is 2. The average molecular weight is 625 g/mol. The largest absolute Gasteiger partial charge is 2.00 e. The van der Waals surface area contributed by atoms with Gasteiger partial charge in [-0.05, 0) is 20.8 Å². The van der Waals surface area contributed by atoms with Crippen molar-refractivity contribution >= 4 is 28.0 Å². The van der Waals surface area contributed by atoms with E-state index < -0.39 is 6.04 Å². The van der Waals surface area contributed by atoms with E-state index in [1.165, 1.54) is 25.2 Å². The summed E-state index contributed by atoms with van der Waals surface area (Å²) in [6.45, 7) is 4.39. The second kappa shape index (κ2) is 32.1. The van der Waals surface area contributed by atoms with Gasteiger partial charge in [0.2, 0.25) is 0 Å². The standard InChI is InChI=1S/C8H10N4O2S.3ClH.5H2O.2Ru/c1-4(13)7(5(2)14)10-12-8-11-9-6(3)15-8;;;;;;;;;;/h7H,1-3H3;3*1H;5*1H2;;/q;;;;;;;;;2*+2/p-3. The molecule has 1 aromatic rings. The fraction of sp³-hybridized carbons (Fsp3) is 0.500. The Balaban J connectivity index is -0.0000000281. The van der Waals surface area contributed by atoms with Gasteiger partial charge in [0.25, 0.3) is 5.13 Å². The molecule has 10 N–H and O–H groups in total. The average Bonchev–Trinajstić information content (AvgIpc) is 2.50. The van der Waals surface area contributed by atoms with Crippen molar-refractivity contribution in [2.24, 2.45) is 10.2 Å². The summed E-state index contributed by atoms with van der Waals surface area (Å²) in [5, 5.41) is 15.9. The molecule has 156 valence electrons. The number of carbonyl (C=O) groups is 2. The van der Waals surface area contributed by atoms with E-state index in [1.807, 2.05) is 0 Å². The van der Waals surface area contributed by atoms with Crippen molar-refractivity contribution in [2.75, 3.05) is 0 Å². The zero-order valence-electron chi connectivity index (χ0n) is 12.9. The second-order valence-electron chi connectivity index (χ2n) is 2.94. The maximum atomic E-state index is 11.0. The van der Waals surface area contributed by atoms with Crippen LogP contribution in [0.2, 0.25) is 0 Å². The molecule has 11 nitrogen and oxygen atoms in total. The number of aryl methyl sites for hydroxylation is 1. The number of halogens is 3. The van der Waals surface area contributed by atoms with E-state index in [4.69, 9.17) is 0 Å². The van der Waals surface area contributed by atoms with Gasteiger partial charge >= 0.3 is 39.0 Å². The van der Waals surface area contributed by atoms with Crippen LogP contribution in [0.5, 0.6) is 0 Å². The molecule has 0 fully saturated rings. The predicted octanol–water partition coefficient (Wildman–Crippen LogP) is -11.6. The summed E-state index contributed by atoms with van der Waals surface area (Å²) < 4.78 is 0. The van der Waals surface area contributed by atoms with Crippen molar-refractivity contribution < 1.29 is 113 Å². The molecule has 0 spiro atoms. The minimum absolute atomic E-state index is 0. The Hall–Kier alpha value is 0.417. The van der Waals surface area contributed by atoms with Crippen LogP contribution in [-0.2, 0) is 48.5 Å². The number of rotatable bonds is 4. The number of hydrogen-bond donors (Lipinski definition) is 0. The summed E-state index contributed by atoms with van der Waals surface area (Å²) in [6, 6.07) is -1.02. The molecule has 0 unspecified atom stereocenters. The third kappa shape index (κ3) is 24.4. The molecule has 25 heavy (non-hydrogen) atoms. The zero-order valence-corrected chi connectivity index (χ0v) is 19.5. The van der Waals surface area contributed by atoms with Crippen LogP contribution in [-0.4, -0.2) is 55.2 Å². The Morgan fingerprint density at radius 3 is 1.48 bits per heavy atom. The van der Waals surface area contributed by atoms with Gasteiger partial charge in [-0.15, -0.1) is 15.3 Å². The number of carbonyl (C=O) groups excluding carboxylic acids is 2. The molecule has 1 aromatic heterocycles. The fourth-order valence-corrected chi connectivity index (χ4v) is 1.40. The Morgan fingerprint density at radius 2 is 1.24 bits per heavy atom. The summed E-state index contributed by atoms with van der Waals surface area (Å²) in [6.07, 6.45) is 0. The molecule has 0 aliphatic rings. The predicted molar refractivity (Wildman–Crippen MR) is 72.4 cm³/mol. The molecule has 0 radical (unpaired) electrons. The molecule has 0 aliphatic heterocycles. The van der Waals surface area contributed by atoms with E-state index in [-0.39, 0.29) is 115 Å². The maximum absolute atomic E-state index is 11.0. The van der Waals surface area contributed by atoms with Crippen molar-refractivity contribution in [2.45, 2.75) is 26.8 Å². The number of aromatic nitrogens is 2. The molecule has 17 heteroatoms.